The van der Waals surface area contributed by atoms with E-state index in [1.807, 2.05) is 0 Å². The first-order valence-electron chi connectivity index (χ1n) is 6.70. The van der Waals surface area contributed by atoms with Crippen LogP contribution in [0.1, 0.15) is 57.0 Å². The molecule has 0 N–H and O–H groups in total. The highest BCUT2D eigenvalue weighted by molar-refractivity contribution is 6.32. The zero-order valence-corrected chi connectivity index (χ0v) is 13.9. The highest BCUT2D eigenvalue weighted by Gasteiger charge is 2.21. The molecule has 2 unspecified atom stereocenters. The van der Waals surface area contributed by atoms with Gasteiger partial charge in [-0.1, -0.05) is 45.4 Å². The number of halogens is 3. The predicted molar refractivity (Wildman–Crippen MR) is 82.6 cm³/mol. The first-order chi connectivity index (χ1) is 8.60. The van der Waals surface area contributed by atoms with Crippen LogP contribution in [0.15, 0.2) is 12.1 Å². The molecule has 0 nitrogen and oxygen atoms in total. The van der Waals surface area contributed by atoms with Crippen LogP contribution < -0.4 is 0 Å². The zero-order valence-electron chi connectivity index (χ0n) is 12.4. The Kier molecular flexibility index (Phi) is 5.70. The minimum atomic E-state index is -0.277. The van der Waals surface area contributed by atoms with E-state index in [9.17, 15) is 4.39 Å². The average molecular weight is 305 g/mol. The Morgan fingerprint density at radius 2 is 1.84 bits per heavy atom. The first-order valence-corrected chi connectivity index (χ1v) is 7.51. The Labute approximate surface area is 126 Å². The maximum Gasteiger partial charge on any atom is 0.127 e. The highest BCUT2D eigenvalue weighted by atomic mass is 35.5. The summed E-state index contributed by atoms with van der Waals surface area (Å²) in [5, 5.41) is 0.259. The molecule has 0 saturated carbocycles. The summed E-state index contributed by atoms with van der Waals surface area (Å²) < 4.78 is 13.4. The van der Waals surface area contributed by atoms with Gasteiger partial charge in [0.1, 0.15) is 5.82 Å². The maximum absolute atomic E-state index is 13.4. The van der Waals surface area contributed by atoms with Crippen molar-refractivity contribution in [2.75, 3.05) is 0 Å². The summed E-state index contributed by atoms with van der Waals surface area (Å²) in [5.74, 6) is 0.226. The van der Waals surface area contributed by atoms with Gasteiger partial charge in [0.15, 0.2) is 0 Å². The molecule has 2 atom stereocenters. The summed E-state index contributed by atoms with van der Waals surface area (Å²) in [6.07, 6.45) is 1.96. The van der Waals surface area contributed by atoms with Crippen LogP contribution in [0.5, 0.6) is 0 Å². The lowest BCUT2D eigenvalue weighted by molar-refractivity contribution is 0.295. The van der Waals surface area contributed by atoms with E-state index in [0.29, 0.717) is 21.9 Å². The van der Waals surface area contributed by atoms with E-state index in [-0.39, 0.29) is 11.2 Å². The quantitative estimate of drug-likeness (QED) is 0.555. The Bertz CT molecular complexity index is 435. The second kappa shape index (κ2) is 6.45. The van der Waals surface area contributed by atoms with E-state index < -0.39 is 0 Å². The van der Waals surface area contributed by atoms with Gasteiger partial charge in [-0.3, -0.25) is 0 Å². The molecule has 0 spiro atoms. The SMILES string of the molecule is Cc1cc(C(Cl)CC(C)CC(C)(C)C)c(Cl)cc1F. The van der Waals surface area contributed by atoms with Crippen LogP contribution in [0.25, 0.3) is 0 Å². The van der Waals surface area contributed by atoms with Crippen LogP contribution in [0, 0.1) is 24.1 Å². The fourth-order valence-corrected chi connectivity index (χ4v) is 3.35. The van der Waals surface area contributed by atoms with Gasteiger partial charge >= 0.3 is 0 Å². The minimum Gasteiger partial charge on any atom is -0.207 e. The van der Waals surface area contributed by atoms with Crippen molar-refractivity contribution < 1.29 is 4.39 Å². The van der Waals surface area contributed by atoms with Gasteiger partial charge in [-0.25, -0.2) is 4.39 Å². The molecule has 3 heteroatoms. The first kappa shape index (κ1) is 16.8. The van der Waals surface area contributed by atoms with Crippen LogP contribution in [0.4, 0.5) is 4.39 Å². The fourth-order valence-electron chi connectivity index (χ4n) is 2.53. The second-order valence-corrected chi connectivity index (χ2v) is 7.63. The number of rotatable bonds is 4. The van der Waals surface area contributed by atoms with Crippen molar-refractivity contribution >= 4 is 23.2 Å². The van der Waals surface area contributed by atoms with E-state index in [1.165, 1.54) is 6.07 Å². The van der Waals surface area contributed by atoms with E-state index in [1.54, 1.807) is 13.0 Å². The molecule has 1 aromatic rings. The molecule has 19 heavy (non-hydrogen) atoms. The highest BCUT2D eigenvalue weighted by Crippen LogP contribution is 2.37. The third-order valence-corrected chi connectivity index (χ3v) is 3.93. The van der Waals surface area contributed by atoms with Gasteiger partial charge in [-0.05, 0) is 48.3 Å². The molecule has 0 aromatic heterocycles. The topological polar surface area (TPSA) is 0 Å². The number of hydrogen-bond donors (Lipinski definition) is 0. The van der Waals surface area contributed by atoms with Gasteiger partial charge in [-0.2, -0.15) is 0 Å². The van der Waals surface area contributed by atoms with E-state index in [2.05, 4.69) is 27.7 Å². The lowest BCUT2D eigenvalue weighted by Crippen LogP contribution is -2.12. The predicted octanol–water partition coefficient (Wildman–Crippen LogP) is 6.53. The van der Waals surface area contributed by atoms with Crippen molar-refractivity contribution in [3.05, 3.63) is 34.1 Å². The van der Waals surface area contributed by atoms with Crippen molar-refractivity contribution in [3.8, 4) is 0 Å². The van der Waals surface area contributed by atoms with Gasteiger partial charge in [0, 0.05) is 5.02 Å². The molecule has 0 fully saturated rings. The van der Waals surface area contributed by atoms with Gasteiger partial charge < -0.3 is 0 Å². The zero-order chi connectivity index (χ0) is 14.8. The number of aryl methyl sites for hydroxylation is 1. The third kappa shape index (κ3) is 5.31. The molecule has 0 radical (unpaired) electrons. The lowest BCUT2D eigenvalue weighted by Gasteiger charge is -2.25. The Morgan fingerprint density at radius 1 is 1.26 bits per heavy atom. The molecule has 0 amide bonds. The summed E-state index contributed by atoms with van der Waals surface area (Å²) in [6, 6.07) is 3.12. The molecule has 1 rings (SSSR count). The molecular weight excluding hydrogens is 282 g/mol. The largest absolute Gasteiger partial charge is 0.207 e. The second-order valence-electron chi connectivity index (χ2n) is 6.70. The van der Waals surface area contributed by atoms with E-state index >= 15 is 0 Å². The van der Waals surface area contributed by atoms with Gasteiger partial charge in [0.2, 0.25) is 0 Å². The van der Waals surface area contributed by atoms with E-state index in [0.717, 1.165) is 18.4 Å². The van der Waals surface area contributed by atoms with Gasteiger partial charge in [0.05, 0.1) is 5.38 Å². The molecule has 0 bridgehead atoms. The Morgan fingerprint density at radius 3 is 2.37 bits per heavy atom. The number of alkyl halides is 1. The van der Waals surface area contributed by atoms with Crippen molar-refractivity contribution in [1.82, 2.24) is 0 Å². The van der Waals surface area contributed by atoms with Crippen LogP contribution in [-0.4, -0.2) is 0 Å². The van der Waals surface area contributed by atoms with Crippen LogP contribution in [0.2, 0.25) is 5.02 Å². The average Bonchev–Trinajstić information content (AvgIpc) is 2.20. The molecule has 0 heterocycles. The third-order valence-electron chi connectivity index (χ3n) is 3.19. The molecule has 0 aliphatic carbocycles. The standard InChI is InChI=1S/C16H23Cl2F/c1-10(9-16(3,4)5)6-13(17)12-7-11(2)15(19)8-14(12)18/h7-8,10,13H,6,9H2,1-5H3. The minimum absolute atomic E-state index is 0.163. The fraction of sp³-hybridized carbons (Fsp3) is 0.625. The normalized spacial score (nSPS) is 15.4. The molecule has 108 valence electrons. The summed E-state index contributed by atoms with van der Waals surface area (Å²) in [4.78, 5) is 0. The smallest absolute Gasteiger partial charge is 0.127 e. The van der Waals surface area contributed by atoms with Gasteiger partial charge in [0.25, 0.3) is 0 Å². The maximum atomic E-state index is 13.4. The summed E-state index contributed by atoms with van der Waals surface area (Å²) >= 11 is 12.5. The summed E-state index contributed by atoms with van der Waals surface area (Å²) in [7, 11) is 0. The summed E-state index contributed by atoms with van der Waals surface area (Å²) in [6.45, 7) is 10.6. The molecular formula is C16H23Cl2F. The lowest BCUT2D eigenvalue weighted by atomic mass is 9.83. The van der Waals surface area contributed by atoms with Gasteiger partial charge in [-0.15, -0.1) is 11.6 Å². The van der Waals surface area contributed by atoms with Crippen molar-refractivity contribution in [3.63, 3.8) is 0 Å². The molecule has 1 aromatic carbocycles. The number of benzene rings is 1. The number of hydrogen-bond acceptors (Lipinski definition) is 0. The summed E-state index contributed by atoms with van der Waals surface area (Å²) in [5.41, 5.74) is 1.72. The molecule has 0 saturated heterocycles. The monoisotopic (exact) mass is 304 g/mol. The van der Waals surface area contributed by atoms with E-state index in [4.69, 9.17) is 23.2 Å². The molecule has 0 aliphatic heterocycles. The van der Waals surface area contributed by atoms with Crippen LogP contribution in [-0.2, 0) is 0 Å². The Hall–Kier alpha value is -0.270. The van der Waals surface area contributed by atoms with Crippen LogP contribution >= 0.6 is 23.2 Å². The van der Waals surface area contributed by atoms with Crippen LogP contribution in [0.3, 0.4) is 0 Å². The Balaban J connectivity index is 2.78. The van der Waals surface area contributed by atoms with Crippen molar-refractivity contribution in [2.45, 2.75) is 52.8 Å². The van der Waals surface area contributed by atoms with Crippen molar-refractivity contribution in [1.29, 1.82) is 0 Å². The van der Waals surface area contributed by atoms with Crippen molar-refractivity contribution in [2.24, 2.45) is 11.3 Å². The molecule has 0 aliphatic rings.